The second kappa shape index (κ2) is 11.9. The predicted octanol–water partition coefficient (Wildman–Crippen LogP) is 3.81. The maximum absolute atomic E-state index is 13.8. The van der Waals surface area contributed by atoms with Crippen LogP contribution >= 0.6 is 0 Å². The van der Waals surface area contributed by atoms with Crippen molar-refractivity contribution in [2.24, 2.45) is 0 Å². The van der Waals surface area contributed by atoms with Gasteiger partial charge in [0.15, 0.2) is 23.3 Å². The van der Waals surface area contributed by atoms with Crippen molar-refractivity contribution in [1.82, 2.24) is 10.3 Å². The molecule has 0 fully saturated rings. The Labute approximate surface area is 207 Å². The number of hydrogen-bond donors (Lipinski definition) is 2. The molecule has 1 amide bonds. The molecule has 2 aromatic carbocycles. The monoisotopic (exact) mass is 498 g/mol. The minimum absolute atomic E-state index is 0.0631. The molecule has 3 atom stereocenters. The zero-order valence-corrected chi connectivity index (χ0v) is 20.2. The number of methoxy groups -OCH3 is 2. The van der Waals surface area contributed by atoms with Crippen molar-refractivity contribution < 1.29 is 38.0 Å². The Balaban J connectivity index is 1.78. The van der Waals surface area contributed by atoms with E-state index in [-0.39, 0.29) is 17.2 Å². The summed E-state index contributed by atoms with van der Waals surface area (Å²) in [4.78, 5) is 29.2. The number of nitrogens with one attached hydrogen (secondary N) is 1. The number of carbonyl (C=O) groups is 2. The van der Waals surface area contributed by atoms with Crippen LogP contribution in [0.3, 0.4) is 0 Å². The van der Waals surface area contributed by atoms with Gasteiger partial charge >= 0.3 is 5.97 Å². The van der Waals surface area contributed by atoms with E-state index in [1.165, 1.54) is 51.6 Å². The van der Waals surface area contributed by atoms with Crippen molar-refractivity contribution in [3.05, 3.63) is 77.9 Å². The average Bonchev–Trinajstić information content (AvgIpc) is 2.87. The third-order valence-electron chi connectivity index (χ3n) is 5.26. The Kier molecular flexibility index (Phi) is 8.66. The van der Waals surface area contributed by atoms with E-state index in [0.717, 1.165) is 0 Å². The minimum atomic E-state index is -1.10. The molecule has 190 valence electrons. The van der Waals surface area contributed by atoms with Crippen molar-refractivity contribution in [3.63, 3.8) is 0 Å². The van der Waals surface area contributed by atoms with E-state index in [1.54, 1.807) is 31.2 Å². The van der Waals surface area contributed by atoms with Gasteiger partial charge in [-0.05, 0) is 38.1 Å². The van der Waals surface area contributed by atoms with Gasteiger partial charge in [0.05, 0.1) is 14.2 Å². The lowest BCUT2D eigenvalue weighted by Crippen LogP contribution is -2.42. The summed E-state index contributed by atoms with van der Waals surface area (Å²) in [5, 5.41) is 12.6. The highest BCUT2D eigenvalue weighted by atomic mass is 19.1. The van der Waals surface area contributed by atoms with Crippen molar-refractivity contribution >= 4 is 11.9 Å². The zero-order chi connectivity index (χ0) is 26.2. The number of esters is 1. The summed E-state index contributed by atoms with van der Waals surface area (Å²) in [6.07, 6.45) is -0.446. The smallest absolute Gasteiger partial charge is 0.328 e. The molecule has 0 spiro atoms. The normalized spacial score (nSPS) is 13.1. The standard InChI is InChI=1S/C26H27FN2O7/c1-15(29-25(31)22-23(30)20(33-3)12-13-28-22)26(32)35-16(2)24(36-18-8-6-5-7-9-18)19-11-10-17(27)14-21(19)34-4/h5-16,24,30H,1-4H3,(H,29,31)/t15-,16-,24-/m0/s1. The van der Waals surface area contributed by atoms with Crippen LogP contribution < -0.4 is 19.5 Å². The summed E-state index contributed by atoms with van der Waals surface area (Å²) >= 11 is 0. The highest BCUT2D eigenvalue weighted by Gasteiger charge is 2.30. The Hall–Kier alpha value is -4.34. The van der Waals surface area contributed by atoms with Crippen LogP contribution in [0.25, 0.3) is 0 Å². The largest absolute Gasteiger partial charge is 0.503 e. The third-order valence-corrected chi connectivity index (χ3v) is 5.26. The van der Waals surface area contributed by atoms with Crippen LogP contribution in [0.1, 0.15) is 36.0 Å². The first kappa shape index (κ1) is 26.3. The first-order valence-electron chi connectivity index (χ1n) is 11.0. The van der Waals surface area contributed by atoms with E-state index >= 15 is 0 Å². The molecule has 3 rings (SSSR count). The molecule has 0 unspecified atom stereocenters. The number of benzene rings is 2. The first-order chi connectivity index (χ1) is 17.2. The molecule has 36 heavy (non-hydrogen) atoms. The molecule has 9 nitrogen and oxygen atoms in total. The van der Waals surface area contributed by atoms with Gasteiger partial charge in [-0.1, -0.05) is 18.2 Å². The fourth-order valence-corrected chi connectivity index (χ4v) is 3.42. The molecule has 2 N–H and O–H groups in total. The molecule has 0 aliphatic heterocycles. The number of pyridine rings is 1. The molecule has 3 aromatic rings. The maximum atomic E-state index is 13.8. The van der Waals surface area contributed by atoms with Crippen molar-refractivity contribution in [3.8, 4) is 23.0 Å². The van der Waals surface area contributed by atoms with Gasteiger partial charge in [-0.3, -0.25) is 4.79 Å². The SMILES string of the molecule is COc1cc(F)ccc1[C@@H](Oc1ccccc1)[C@H](C)OC(=O)[C@H](C)NC(=O)c1nccc(OC)c1O. The quantitative estimate of drug-likeness (QED) is 0.406. The molecular formula is C26H27FN2O7. The van der Waals surface area contributed by atoms with Gasteiger partial charge in [0.25, 0.3) is 5.91 Å². The predicted molar refractivity (Wildman–Crippen MR) is 128 cm³/mol. The highest BCUT2D eigenvalue weighted by molar-refractivity contribution is 5.97. The van der Waals surface area contributed by atoms with Gasteiger partial charge in [-0.2, -0.15) is 0 Å². The number of aromatic nitrogens is 1. The summed E-state index contributed by atoms with van der Waals surface area (Å²) in [5.74, 6) is -1.72. The van der Waals surface area contributed by atoms with Crippen molar-refractivity contribution in [2.75, 3.05) is 14.2 Å². The van der Waals surface area contributed by atoms with Gasteiger partial charge in [0, 0.05) is 23.9 Å². The lowest BCUT2D eigenvalue weighted by atomic mass is 10.0. The fourth-order valence-electron chi connectivity index (χ4n) is 3.42. The molecule has 0 radical (unpaired) electrons. The summed E-state index contributed by atoms with van der Waals surface area (Å²) in [6, 6.07) is 13.1. The maximum Gasteiger partial charge on any atom is 0.328 e. The van der Waals surface area contributed by atoms with Gasteiger partial charge in [-0.15, -0.1) is 0 Å². The summed E-state index contributed by atoms with van der Waals surface area (Å²) in [6.45, 7) is 3.04. The second-order valence-corrected chi connectivity index (χ2v) is 7.79. The molecule has 0 bridgehead atoms. The van der Waals surface area contributed by atoms with E-state index in [0.29, 0.717) is 11.3 Å². The molecule has 0 aliphatic rings. The van der Waals surface area contributed by atoms with Crippen LogP contribution in [0.5, 0.6) is 23.0 Å². The number of ether oxygens (including phenoxy) is 4. The second-order valence-electron chi connectivity index (χ2n) is 7.79. The van der Waals surface area contributed by atoms with Gasteiger partial charge in [-0.25, -0.2) is 14.2 Å². The van der Waals surface area contributed by atoms with Gasteiger partial charge in [0.2, 0.25) is 0 Å². The zero-order valence-electron chi connectivity index (χ0n) is 20.2. The number of carbonyl (C=O) groups excluding carboxylic acids is 2. The molecule has 1 aromatic heterocycles. The first-order valence-corrected chi connectivity index (χ1v) is 11.0. The van der Waals surface area contributed by atoms with Gasteiger partial charge < -0.3 is 29.4 Å². The lowest BCUT2D eigenvalue weighted by molar-refractivity contribution is -0.154. The molecule has 0 saturated heterocycles. The van der Waals surface area contributed by atoms with Crippen molar-refractivity contribution in [2.45, 2.75) is 32.1 Å². The van der Waals surface area contributed by atoms with Crippen LogP contribution in [0.15, 0.2) is 60.8 Å². The highest BCUT2D eigenvalue weighted by Crippen LogP contribution is 2.33. The fraction of sp³-hybridized carbons (Fsp3) is 0.269. The van der Waals surface area contributed by atoms with E-state index in [9.17, 15) is 19.1 Å². The topological polar surface area (TPSA) is 116 Å². The number of hydrogen-bond acceptors (Lipinski definition) is 8. The Morgan fingerprint density at radius 1 is 1.00 bits per heavy atom. The van der Waals surface area contributed by atoms with E-state index in [2.05, 4.69) is 10.3 Å². The average molecular weight is 499 g/mol. The van der Waals surface area contributed by atoms with Crippen molar-refractivity contribution in [1.29, 1.82) is 0 Å². The number of para-hydroxylation sites is 1. The summed E-state index contributed by atoms with van der Waals surface area (Å²) in [7, 11) is 2.73. The number of amides is 1. The van der Waals surface area contributed by atoms with Crippen LogP contribution in [0.4, 0.5) is 4.39 Å². The van der Waals surface area contributed by atoms with Crippen LogP contribution in [-0.4, -0.2) is 48.3 Å². The molecule has 1 heterocycles. The van der Waals surface area contributed by atoms with Crippen LogP contribution in [0, 0.1) is 5.82 Å². The molecule has 10 heteroatoms. The number of aromatic hydroxyl groups is 1. The Morgan fingerprint density at radius 2 is 1.69 bits per heavy atom. The molecule has 0 aliphatic carbocycles. The van der Waals surface area contributed by atoms with Crippen LogP contribution in [-0.2, 0) is 9.53 Å². The Bertz CT molecular complexity index is 1210. The third kappa shape index (κ3) is 6.21. The van der Waals surface area contributed by atoms with E-state index in [1.807, 2.05) is 6.07 Å². The number of halogens is 1. The summed E-state index contributed by atoms with van der Waals surface area (Å²) < 4.78 is 35.8. The minimum Gasteiger partial charge on any atom is -0.503 e. The summed E-state index contributed by atoms with van der Waals surface area (Å²) in [5.41, 5.74) is 0.161. The van der Waals surface area contributed by atoms with E-state index < -0.39 is 41.7 Å². The van der Waals surface area contributed by atoms with Crippen LogP contribution in [0.2, 0.25) is 0 Å². The number of nitrogens with zero attached hydrogens (tertiary/aromatic N) is 1. The molecule has 0 saturated carbocycles. The van der Waals surface area contributed by atoms with E-state index in [4.69, 9.17) is 18.9 Å². The number of rotatable bonds is 10. The van der Waals surface area contributed by atoms with Gasteiger partial charge in [0.1, 0.15) is 29.5 Å². The molecular weight excluding hydrogens is 471 g/mol. The Morgan fingerprint density at radius 3 is 2.36 bits per heavy atom. The lowest BCUT2D eigenvalue weighted by Gasteiger charge is -2.28.